The molecule has 0 atom stereocenters. The van der Waals surface area contributed by atoms with E-state index in [2.05, 4.69) is 5.32 Å². The second-order valence-corrected chi connectivity index (χ2v) is 6.04. The number of hydrogen-bond acceptors (Lipinski definition) is 5. The molecule has 140 valence electrons. The Morgan fingerprint density at radius 3 is 2.70 bits per heavy atom. The van der Waals surface area contributed by atoms with Crippen molar-refractivity contribution in [1.29, 1.82) is 0 Å². The summed E-state index contributed by atoms with van der Waals surface area (Å²) in [6, 6.07) is 14.7. The van der Waals surface area contributed by atoms with Gasteiger partial charge < -0.3 is 19.2 Å². The molecule has 0 saturated carbocycles. The Bertz CT molecular complexity index is 960. The van der Waals surface area contributed by atoms with Gasteiger partial charge in [-0.2, -0.15) is 0 Å². The summed E-state index contributed by atoms with van der Waals surface area (Å²) in [5.41, 5.74) is 2.87. The lowest BCUT2D eigenvalue weighted by atomic mass is 10.1. The minimum atomic E-state index is -0.694. The second kappa shape index (κ2) is 8.51. The maximum absolute atomic E-state index is 12.5. The van der Waals surface area contributed by atoms with Crippen LogP contribution in [0.25, 0.3) is 11.0 Å². The molecule has 0 aliphatic rings. The van der Waals surface area contributed by atoms with E-state index in [1.54, 1.807) is 12.1 Å². The van der Waals surface area contributed by atoms with E-state index in [-0.39, 0.29) is 12.4 Å². The molecule has 6 heteroatoms. The molecule has 3 aromatic rings. The molecular weight excluding hydrogens is 346 g/mol. The first-order valence-corrected chi connectivity index (χ1v) is 8.70. The third-order valence-corrected chi connectivity index (χ3v) is 3.97. The number of aryl methyl sites for hydroxylation is 1. The number of amides is 1. The number of rotatable bonds is 7. The molecule has 1 aromatic heterocycles. The van der Waals surface area contributed by atoms with E-state index >= 15 is 0 Å². The monoisotopic (exact) mass is 367 g/mol. The van der Waals surface area contributed by atoms with Gasteiger partial charge >= 0.3 is 5.97 Å². The molecule has 0 fully saturated rings. The van der Waals surface area contributed by atoms with Crippen LogP contribution < -0.4 is 5.32 Å². The fourth-order valence-corrected chi connectivity index (χ4v) is 2.73. The number of furan rings is 1. The zero-order valence-corrected chi connectivity index (χ0v) is 15.3. The molecule has 1 heterocycles. The van der Waals surface area contributed by atoms with Crippen LogP contribution in [0.2, 0.25) is 0 Å². The van der Waals surface area contributed by atoms with Crippen LogP contribution >= 0.6 is 0 Å². The van der Waals surface area contributed by atoms with Crippen LogP contribution in [0.4, 0.5) is 5.69 Å². The molecule has 27 heavy (non-hydrogen) atoms. The number of carbonyl (C=O) groups is 2. The third kappa shape index (κ3) is 4.54. The van der Waals surface area contributed by atoms with Gasteiger partial charge in [-0.25, -0.2) is 4.79 Å². The number of para-hydroxylation sites is 1. The highest BCUT2D eigenvalue weighted by molar-refractivity contribution is 5.98. The lowest BCUT2D eigenvalue weighted by Gasteiger charge is -2.07. The van der Waals surface area contributed by atoms with Gasteiger partial charge in [-0.05, 0) is 37.6 Å². The Morgan fingerprint density at radius 1 is 1.11 bits per heavy atom. The fourth-order valence-electron chi connectivity index (χ4n) is 2.73. The highest BCUT2D eigenvalue weighted by Crippen LogP contribution is 2.27. The summed E-state index contributed by atoms with van der Waals surface area (Å²) in [6.07, 6.45) is 0. The van der Waals surface area contributed by atoms with E-state index in [1.165, 1.54) is 0 Å². The van der Waals surface area contributed by atoms with Gasteiger partial charge in [0.25, 0.3) is 5.91 Å². The van der Waals surface area contributed by atoms with Gasteiger partial charge in [-0.3, -0.25) is 4.79 Å². The third-order valence-electron chi connectivity index (χ3n) is 3.97. The molecule has 1 amide bonds. The minimum absolute atomic E-state index is 0.0630. The molecule has 2 aromatic carbocycles. The van der Waals surface area contributed by atoms with Gasteiger partial charge in [0, 0.05) is 23.2 Å². The molecule has 0 spiro atoms. The van der Waals surface area contributed by atoms with Crippen LogP contribution in [0, 0.1) is 6.92 Å². The van der Waals surface area contributed by atoms with Gasteiger partial charge in [-0.1, -0.05) is 30.3 Å². The van der Waals surface area contributed by atoms with Crippen LogP contribution in [0.1, 0.15) is 28.6 Å². The Hall–Kier alpha value is -3.12. The summed E-state index contributed by atoms with van der Waals surface area (Å²) in [5.74, 6) is -1.05. The number of fused-ring (bicyclic) bond motifs is 1. The summed E-state index contributed by atoms with van der Waals surface area (Å²) in [5, 5.41) is 3.49. The maximum atomic E-state index is 12.5. The van der Waals surface area contributed by atoms with E-state index in [9.17, 15) is 9.59 Å². The quantitative estimate of drug-likeness (QED) is 0.637. The van der Waals surface area contributed by atoms with Crippen molar-refractivity contribution in [2.24, 2.45) is 0 Å². The molecule has 0 saturated heterocycles. The molecule has 0 radical (unpaired) electrons. The Kier molecular flexibility index (Phi) is 5.88. The number of benzene rings is 2. The first-order chi connectivity index (χ1) is 13.1. The van der Waals surface area contributed by atoms with Gasteiger partial charge in [0.15, 0.2) is 6.61 Å². The number of nitrogens with one attached hydrogen (secondary N) is 1. The van der Waals surface area contributed by atoms with Crippen molar-refractivity contribution in [2.75, 3.05) is 18.5 Å². The maximum Gasteiger partial charge on any atom is 0.375 e. The van der Waals surface area contributed by atoms with Crippen molar-refractivity contribution < 1.29 is 23.5 Å². The minimum Gasteiger partial charge on any atom is -0.450 e. The van der Waals surface area contributed by atoms with Crippen LogP contribution in [0.3, 0.4) is 0 Å². The molecule has 1 N–H and O–H groups in total. The summed E-state index contributed by atoms with van der Waals surface area (Å²) < 4.78 is 16.2. The van der Waals surface area contributed by atoms with Crippen LogP contribution in [-0.4, -0.2) is 25.1 Å². The van der Waals surface area contributed by atoms with Crippen molar-refractivity contribution in [3.8, 4) is 0 Å². The average Bonchev–Trinajstić information content (AvgIpc) is 3.03. The molecule has 0 bridgehead atoms. The van der Waals surface area contributed by atoms with Gasteiger partial charge in [-0.15, -0.1) is 0 Å². The van der Waals surface area contributed by atoms with Crippen molar-refractivity contribution in [3.63, 3.8) is 0 Å². The predicted octanol–water partition coefficient (Wildman–Crippen LogP) is 4.07. The Morgan fingerprint density at radius 2 is 1.93 bits per heavy atom. The highest BCUT2D eigenvalue weighted by atomic mass is 16.5. The van der Waals surface area contributed by atoms with Gasteiger partial charge in [0.1, 0.15) is 5.58 Å². The largest absolute Gasteiger partial charge is 0.450 e. The first kappa shape index (κ1) is 18.7. The number of hydrogen-bond donors (Lipinski definition) is 1. The predicted molar refractivity (Wildman–Crippen MR) is 102 cm³/mol. The summed E-state index contributed by atoms with van der Waals surface area (Å²) in [4.78, 5) is 24.5. The first-order valence-electron chi connectivity index (χ1n) is 8.70. The summed E-state index contributed by atoms with van der Waals surface area (Å²) >= 11 is 0. The van der Waals surface area contributed by atoms with Crippen molar-refractivity contribution in [3.05, 3.63) is 65.4 Å². The number of esters is 1. The molecule has 0 aliphatic heterocycles. The Labute approximate surface area is 157 Å². The number of carbonyl (C=O) groups excluding carboxylic acids is 2. The Balaban J connectivity index is 1.69. The summed E-state index contributed by atoms with van der Waals surface area (Å²) in [6.45, 7) is 4.13. The van der Waals surface area contributed by atoms with E-state index in [0.717, 1.165) is 10.9 Å². The van der Waals surface area contributed by atoms with Crippen LogP contribution in [0.5, 0.6) is 0 Å². The molecule has 0 unspecified atom stereocenters. The molecule has 6 nitrogen and oxygen atoms in total. The zero-order valence-electron chi connectivity index (χ0n) is 15.3. The topological polar surface area (TPSA) is 77.8 Å². The highest BCUT2D eigenvalue weighted by Gasteiger charge is 2.22. The normalized spacial score (nSPS) is 10.7. The molecule has 0 aliphatic carbocycles. The van der Waals surface area contributed by atoms with Crippen LogP contribution in [0.15, 0.2) is 52.9 Å². The van der Waals surface area contributed by atoms with E-state index in [1.807, 2.05) is 50.2 Å². The second-order valence-electron chi connectivity index (χ2n) is 6.04. The standard InChI is InChI=1S/C21H21NO5/c1-3-25-12-17-16-9-4-5-10-18(16)27-20(17)21(24)26-13-19(23)22-15-8-6-7-14(2)11-15/h4-11H,3,12-13H2,1-2H3,(H,22,23). The van der Waals surface area contributed by atoms with Gasteiger partial charge in [0.05, 0.1) is 6.61 Å². The fraction of sp³-hybridized carbons (Fsp3) is 0.238. The smallest absolute Gasteiger partial charge is 0.375 e. The zero-order chi connectivity index (χ0) is 19.2. The molecular formula is C21H21NO5. The summed E-state index contributed by atoms with van der Waals surface area (Å²) in [7, 11) is 0. The van der Waals surface area contributed by atoms with E-state index in [4.69, 9.17) is 13.9 Å². The van der Waals surface area contributed by atoms with Gasteiger partial charge in [0.2, 0.25) is 5.76 Å². The van der Waals surface area contributed by atoms with E-state index in [0.29, 0.717) is 23.4 Å². The van der Waals surface area contributed by atoms with Crippen molar-refractivity contribution in [1.82, 2.24) is 0 Å². The van der Waals surface area contributed by atoms with Crippen molar-refractivity contribution in [2.45, 2.75) is 20.5 Å². The van der Waals surface area contributed by atoms with Crippen LogP contribution in [-0.2, 0) is 20.9 Å². The number of ether oxygens (including phenoxy) is 2. The lowest BCUT2D eigenvalue weighted by molar-refractivity contribution is -0.119. The van der Waals surface area contributed by atoms with Crippen molar-refractivity contribution >= 4 is 28.5 Å². The van der Waals surface area contributed by atoms with E-state index < -0.39 is 18.5 Å². The SMILES string of the molecule is CCOCc1c(C(=O)OCC(=O)Nc2cccc(C)c2)oc2ccccc12. The number of anilines is 1. The molecule has 3 rings (SSSR count). The average molecular weight is 367 g/mol. The lowest BCUT2D eigenvalue weighted by Crippen LogP contribution is -2.21.